The van der Waals surface area contributed by atoms with Crippen LogP contribution in [0.5, 0.6) is 40.2 Å². The van der Waals surface area contributed by atoms with Gasteiger partial charge in [0.25, 0.3) is 0 Å². The van der Waals surface area contributed by atoms with Crippen LogP contribution in [0.2, 0.25) is 0 Å². The van der Waals surface area contributed by atoms with Gasteiger partial charge in [-0.05, 0) is 47.5 Å². The van der Waals surface area contributed by atoms with Crippen LogP contribution in [-0.4, -0.2) is 61.8 Å². The molecule has 3 rings (SSSR count). The second kappa shape index (κ2) is 13.8. The maximum absolute atomic E-state index is 12.9. The van der Waals surface area contributed by atoms with Crippen LogP contribution in [0, 0.1) is 0 Å². The summed E-state index contributed by atoms with van der Waals surface area (Å²) in [6, 6.07) is 12.5. The molecule has 0 bridgehead atoms. The van der Waals surface area contributed by atoms with E-state index in [0.29, 0.717) is 51.5 Å². The quantitative estimate of drug-likeness (QED) is 0.152. The maximum Gasteiger partial charge on any atom is 0.203 e. The Morgan fingerprint density at radius 3 is 1.59 bits per heavy atom. The molecule has 0 amide bonds. The number of nitrogens with zero attached hydrogens (tertiary/aromatic N) is 1. The number of ether oxygens (including phenoxy) is 7. The van der Waals surface area contributed by atoms with Crippen LogP contribution in [0.25, 0.3) is 12.2 Å². The molecule has 0 N–H and O–H groups in total. The number of hydrogen-bond donors (Lipinski definition) is 0. The minimum Gasteiger partial charge on any atom is -0.494 e. The number of ketones is 1. The van der Waals surface area contributed by atoms with Gasteiger partial charge in [-0.2, -0.15) is 0 Å². The molecule has 0 unspecified atom stereocenters. The number of aliphatic imine (C=N–C) groups is 1. The molecule has 0 atom stereocenters. The van der Waals surface area contributed by atoms with Crippen molar-refractivity contribution in [3.63, 3.8) is 0 Å². The van der Waals surface area contributed by atoms with Crippen LogP contribution >= 0.6 is 0 Å². The van der Waals surface area contributed by atoms with E-state index in [1.807, 2.05) is 42.5 Å². The molecule has 0 saturated heterocycles. The first-order valence-corrected chi connectivity index (χ1v) is 11.9. The van der Waals surface area contributed by atoms with Gasteiger partial charge in [0.05, 0.1) is 49.8 Å². The number of Topliss-reactive ketones (excluding diaryl/α,β-unsaturated/α-hetero) is 1. The average molecular weight is 536 g/mol. The fraction of sp³-hybridized carbons (Fsp3) is 0.267. The summed E-state index contributed by atoms with van der Waals surface area (Å²) in [6.45, 7) is 0. The molecule has 0 saturated carbocycles. The summed E-state index contributed by atoms with van der Waals surface area (Å²) in [5.41, 5.74) is 2.75. The molecule has 0 heterocycles. The monoisotopic (exact) mass is 535 g/mol. The van der Waals surface area contributed by atoms with Crippen LogP contribution < -0.4 is 33.2 Å². The molecule has 9 heteroatoms. The molecule has 3 aromatic carbocycles. The van der Waals surface area contributed by atoms with Crippen molar-refractivity contribution in [2.75, 3.05) is 49.8 Å². The van der Waals surface area contributed by atoms with Gasteiger partial charge in [0.2, 0.25) is 11.5 Å². The fourth-order valence-corrected chi connectivity index (χ4v) is 3.89. The first-order valence-electron chi connectivity index (χ1n) is 11.9. The van der Waals surface area contributed by atoms with Gasteiger partial charge >= 0.3 is 0 Å². The van der Waals surface area contributed by atoms with E-state index in [2.05, 4.69) is 4.99 Å². The van der Waals surface area contributed by atoms with Crippen LogP contribution in [-0.2, 0) is 0 Å². The number of carbonyl (C=O) groups is 1. The lowest BCUT2D eigenvalue weighted by atomic mass is 10.1. The number of rotatable bonds is 13. The summed E-state index contributed by atoms with van der Waals surface area (Å²) in [6.07, 6.45) is 5.47. The zero-order valence-corrected chi connectivity index (χ0v) is 23.2. The molecular formula is C30H33NO8. The third kappa shape index (κ3) is 6.81. The lowest BCUT2D eigenvalue weighted by molar-refractivity contribution is 0.100. The van der Waals surface area contributed by atoms with Crippen molar-refractivity contribution in [3.05, 3.63) is 59.2 Å². The largest absolute Gasteiger partial charge is 0.494 e. The van der Waals surface area contributed by atoms with Crippen LogP contribution in [0.4, 0.5) is 5.69 Å². The van der Waals surface area contributed by atoms with Crippen molar-refractivity contribution in [2.45, 2.75) is 6.42 Å². The van der Waals surface area contributed by atoms with E-state index in [-0.39, 0.29) is 12.2 Å². The summed E-state index contributed by atoms with van der Waals surface area (Å²) >= 11 is 0. The Bertz CT molecular complexity index is 1310. The Morgan fingerprint density at radius 1 is 0.615 bits per heavy atom. The van der Waals surface area contributed by atoms with Crippen LogP contribution in [0.3, 0.4) is 0 Å². The van der Waals surface area contributed by atoms with Gasteiger partial charge in [-0.3, -0.25) is 9.79 Å². The van der Waals surface area contributed by atoms with E-state index in [1.54, 1.807) is 46.8 Å². The Morgan fingerprint density at radius 2 is 1.10 bits per heavy atom. The normalized spacial score (nSPS) is 10.9. The predicted molar refractivity (Wildman–Crippen MR) is 151 cm³/mol. The molecule has 0 spiro atoms. The SMILES string of the molecule is COc1ccc(/C=C\c2cc(OC)c(OC)c(OC)c2)cc1N=CCC(=O)c1cc(OC)c(OC)c(OC)c1. The molecule has 3 aromatic rings. The van der Waals surface area contributed by atoms with E-state index in [9.17, 15) is 4.79 Å². The highest BCUT2D eigenvalue weighted by molar-refractivity contribution is 6.04. The van der Waals surface area contributed by atoms with Crippen LogP contribution in [0.15, 0.2) is 47.5 Å². The highest BCUT2D eigenvalue weighted by atomic mass is 16.5. The summed E-state index contributed by atoms with van der Waals surface area (Å²) in [7, 11) is 10.8. The van der Waals surface area contributed by atoms with Gasteiger partial charge in [0, 0.05) is 18.2 Å². The minimum absolute atomic E-state index is 0.0628. The van der Waals surface area contributed by atoms with Gasteiger partial charge in [-0.1, -0.05) is 18.2 Å². The van der Waals surface area contributed by atoms with E-state index in [0.717, 1.165) is 11.1 Å². The van der Waals surface area contributed by atoms with E-state index < -0.39 is 0 Å². The van der Waals surface area contributed by atoms with Crippen molar-refractivity contribution in [2.24, 2.45) is 4.99 Å². The summed E-state index contributed by atoms with van der Waals surface area (Å²) in [4.78, 5) is 17.4. The lowest BCUT2D eigenvalue weighted by Crippen LogP contribution is -2.03. The smallest absolute Gasteiger partial charge is 0.203 e. The average Bonchev–Trinajstić information content (AvgIpc) is 2.98. The fourth-order valence-electron chi connectivity index (χ4n) is 3.89. The Kier molecular flexibility index (Phi) is 10.2. The van der Waals surface area contributed by atoms with Crippen molar-refractivity contribution in [1.29, 1.82) is 0 Å². The Hall–Kier alpha value is -4.66. The Labute approximate surface area is 228 Å². The summed E-state index contributed by atoms with van der Waals surface area (Å²) in [5.74, 6) is 3.31. The first kappa shape index (κ1) is 28.9. The van der Waals surface area contributed by atoms with Crippen molar-refractivity contribution in [1.82, 2.24) is 0 Å². The molecule has 9 nitrogen and oxygen atoms in total. The zero-order chi connectivity index (χ0) is 28.4. The molecule has 0 aliphatic carbocycles. The van der Waals surface area contributed by atoms with Crippen LogP contribution in [0.1, 0.15) is 27.9 Å². The number of hydrogen-bond acceptors (Lipinski definition) is 9. The van der Waals surface area contributed by atoms with E-state index in [1.165, 1.54) is 21.3 Å². The lowest BCUT2D eigenvalue weighted by Gasteiger charge is -2.13. The molecule has 0 aliphatic rings. The van der Waals surface area contributed by atoms with Gasteiger partial charge in [0.15, 0.2) is 28.8 Å². The second-order valence-electron chi connectivity index (χ2n) is 8.08. The molecule has 0 fully saturated rings. The van der Waals surface area contributed by atoms with Gasteiger partial charge in [-0.25, -0.2) is 0 Å². The molecule has 0 aromatic heterocycles. The predicted octanol–water partition coefficient (Wildman–Crippen LogP) is 5.89. The van der Waals surface area contributed by atoms with Crippen molar-refractivity contribution < 1.29 is 38.0 Å². The molecule has 0 radical (unpaired) electrons. The number of methoxy groups -OCH3 is 7. The van der Waals surface area contributed by atoms with E-state index in [4.69, 9.17) is 33.2 Å². The summed E-state index contributed by atoms with van der Waals surface area (Å²) < 4.78 is 37.7. The maximum atomic E-state index is 12.9. The Balaban J connectivity index is 1.82. The van der Waals surface area contributed by atoms with E-state index >= 15 is 0 Å². The van der Waals surface area contributed by atoms with Gasteiger partial charge in [0.1, 0.15) is 11.4 Å². The van der Waals surface area contributed by atoms with Gasteiger partial charge in [-0.15, -0.1) is 0 Å². The third-order valence-electron chi connectivity index (χ3n) is 5.85. The highest BCUT2D eigenvalue weighted by Gasteiger charge is 2.17. The third-order valence-corrected chi connectivity index (χ3v) is 5.85. The molecule has 206 valence electrons. The first-order chi connectivity index (χ1) is 18.9. The number of benzene rings is 3. The standard InChI is InChI=1S/C30H33NO8/c1-33-24-11-10-19(8-9-20-15-25(34-2)29(38-6)26(16-20)35-3)14-22(24)31-13-12-23(32)21-17-27(36-4)30(39-7)28(18-21)37-5/h8-11,13-18H,12H2,1-7H3/b9-8-,31-13?. The molecule has 0 aliphatic heterocycles. The second-order valence-corrected chi connectivity index (χ2v) is 8.08. The highest BCUT2D eigenvalue weighted by Crippen LogP contribution is 2.40. The summed E-state index contributed by atoms with van der Waals surface area (Å²) in [5, 5.41) is 0. The zero-order valence-electron chi connectivity index (χ0n) is 23.2. The van der Waals surface area contributed by atoms with Gasteiger partial charge < -0.3 is 33.2 Å². The molecular weight excluding hydrogens is 502 g/mol. The molecule has 39 heavy (non-hydrogen) atoms. The number of carbonyl (C=O) groups excluding carboxylic acids is 1. The minimum atomic E-state index is -0.157. The van der Waals surface area contributed by atoms with Crippen molar-refractivity contribution >= 4 is 29.8 Å². The van der Waals surface area contributed by atoms with Crippen molar-refractivity contribution in [3.8, 4) is 40.2 Å². The topological polar surface area (TPSA) is 94.0 Å².